The molecule has 0 fully saturated rings. The molecule has 2 N–H and O–H groups in total. The van der Waals surface area contributed by atoms with Gasteiger partial charge in [-0.2, -0.15) is 0 Å². The Balaban J connectivity index is 1.48. The van der Waals surface area contributed by atoms with E-state index in [1.165, 1.54) is 0 Å². The first kappa shape index (κ1) is 18.5. The molecule has 1 atom stereocenters. The van der Waals surface area contributed by atoms with Gasteiger partial charge >= 0.3 is 5.97 Å². The number of aromatic amines is 1. The molecule has 3 rings (SSSR count). The highest BCUT2D eigenvalue weighted by Crippen LogP contribution is 2.16. The lowest BCUT2D eigenvalue weighted by Gasteiger charge is -2.13. The predicted molar refractivity (Wildman–Crippen MR) is 103 cm³/mol. The van der Waals surface area contributed by atoms with Gasteiger partial charge in [-0.05, 0) is 43.2 Å². The van der Waals surface area contributed by atoms with E-state index in [0.29, 0.717) is 18.7 Å². The number of amides is 1. The smallest absolute Gasteiger partial charge is 0.355 e. The van der Waals surface area contributed by atoms with E-state index >= 15 is 0 Å². The summed E-state index contributed by atoms with van der Waals surface area (Å²) in [4.78, 5) is 27.4. The van der Waals surface area contributed by atoms with Gasteiger partial charge in [0.2, 0.25) is 0 Å². The fraction of sp³-hybridized carbons (Fsp3) is 0.238. The minimum absolute atomic E-state index is 0.326. The van der Waals surface area contributed by atoms with Crippen molar-refractivity contribution in [2.45, 2.75) is 19.4 Å². The Kier molecular flexibility index (Phi) is 5.76. The topological polar surface area (TPSA) is 80.4 Å². The lowest BCUT2D eigenvalue weighted by molar-refractivity contribution is -0.129. The number of rotatable bonds is 7. The monoisotopic (exact) mass is 366 g/mol. The second-order valence-electron chi connectivity index (χ2n) is 6.21. The van der Waals surface area contributed by atoms with Gasteiger partial charge < -0.3 is 19.8 Å². The van der Waals surface area contributed by atoms with Gasteiger partial charge in [0.1, 0.15) is 11.4 Å². The van der Waals surface area contributed by atoms with Gasteiger partial charge in [0.25, 0.3) is 5.91 Å². The van der Waals surface area contributed by atoms with Crippen LogP contribution in [0.2, 0.25) is 0 Å². The first-order valence-corrected chi connectivity index (χ1v) is 8.76. The van der Waals surface area contributed by atoms with Crippen molar-refractivity contribution in [3.63, 3.8) is 0 Å². The van der Waals surface area contributed by atoms with Gasteiger partial charge in [-0.25, -0.2) is 4.79 Å². The third-order valence-corrected chi connectivity index (χ3v) is 4.27. The SMILES string of the molecule is COc1ccc(CCNC(=O)[C@H](C)OC(=O)c2cc3ccccc3[nH]2)cc1. The number of para-hydroxylation sites is 1. The van der Waals surface area contributed by atoms with E-state index in [2.05, 4.69) is 10.3 Å². The van der Waals surface area contributed by atoms with Crippen molar-refractivity contribution in [2.75, 3.05) is 13.7 Å². The molecule has 0 saturated carbocycles. The van der Waals surface area contributed by atoms with E-state index in [4.69, 9.17) is 9.47 Å². The largest absolute Gasteiger partial charge is 0.497 e. The predicted octanol–water partition coefficient (Wildman–Crippen LogP) is 3.08. The molecule has 0 bridgehead atoms. The molecule has 2 aromatic carbocycles. The first-order chi connectivity index (χ1) is 13.1. The zero-order valence-corrected chi connectivity index (χ0v) is 15.3. The molecule has 0 saturated heterocycles. The summed E-state index contributed by atoms with van der Waals surface area (Å²) in [5.74, 6) is -0.0859. The Hall–Kier alpha value is -3.28. The first-order valence-electron chi connectivity index (χ1n) is 8.76. The molecule has 1 amide bonds. The number of carbonyl (C=O) groups is 2. The van der Waals surface area contributed by atoms with E-state index in [1.54, 1.807) is 20.1 Å². The van der Waals surface area contributed by atoms with Crippen LogP contribution in [0, 0.1) is 0 Å². The van der Waals surface area contributed by atoms with Crippen LogP contribution in [-0.4, -0.2) is 36.6 Å². The molecule has 1 aromatic heterocycles. The fourth-order valence-corrected chi connectivity index (χ4v) is 2.73. The quantitative estimate of drug-likeness (QED) is 0.630. The van der Waals surface area contributed by atoms with Gasteiger partial charge in [0, 0.05) is 17.4 Å². The Labute approximate surface area is 157 Å². The van der Waals surface area contributed by atoms with E-state index in [1.807, 2.05) is 48.5 Å². The van der Waals surface area contributed by atoms with Crippen LogP contribution in [-0.2, 0) is 16.0 Å². The van der Waals surface area contributed by atoms with Gasteiger partial charge in [-0.3, -0.25) is 4.79 Å². The van der Waals surface area contributed by atoms with Crippen LogP contribution in [0.25, 0.3) is 10.9 Å². The molecule has 0 aliphatic carbocycles. The van der Waals surface area contributed by atoms with E-state index in [-0.39, 0.29) is 5.91 Å². The molecule has 0 aliphatic rings. The van der Waals surface area contributed by atoms with Crippen molar-refractivity contribution < 1.29 is 19.1 Å². The van der Waals surface area contributed by atoms with E-state index in [9.17, 15) is 9.59 Å². The Morgan fingerprint density at radius 1 is 1.11 bits per heavy atom. The van der Waals surface area contributed by atoms with Crippen molar-refractivity contribution in [3.8, 4) is 5.75 Å². The number of H-pyrrole nitrogens is 1. The summed E-state index contributed by atoms with van der Waals surface area (Å²) in [7, 11) is 1.62. The van der Waals surface area contributed by atoms with E-state index < -0.39 is 12.1 Å². The molecule has 6 nitrogen and oxygen atoms in total. The summed E-state index contributed by atoms with van der Waals surface area (Å²) in [5, 5.41) is 3.70. The summed E-state index contributed by atoms with van der Waals surface area (Å²) in [6, 6.07) is 16.9. The molecule has 0 aliphatic heterocycles. The average Bonchev–Trinajstić information content (AvgIpc) is 3.13. The van der Waals surface area contributed by atoms with Crippen molar-refractivity contribution in [1.29, 1.82) is 0 Å². The number of hydrogen-bond acceptors (Lipinski definition) is 4. The van der Waals surface area contributed by atoms with Crippen molar-refractivity contribution in [2.24, 2.45) is 0 Å². The van der Waals surface area contributed by atoms with Gasteiger partial charge in [0.15, 0.2) is 6.10 Å². The molecular formula is C21H22N2O4. The second kappa shape index (κ2) is 8.40. The highest BCUT2D eigenvalue weighted by molar-refractivity contribution is 5.96. The van der Waals surface area contributed by atoms with Crippen LogP contribution < -0.4 is 10.1 Å². The minimum Gasteiger partial charge on any atom is -0.497 e. The molecule has 140 valence electrons. The lowest BCUT2D eigenvalue weighted by atomic mass is 10.1. The maximum atomic E-state index is 12.2. The molecule has 0 spiro atoms. The summed E-state index contributed by atoms with van der Waals surface area (Å²) in [5.41, 5.74) is 2.26. The zero-order valence-electron chi connectivity index (χ0n) is 15.3. The van der Waals surface area contributed by atoms with Crippen molar-refractivity contribution in [1.82, 2.24) is 10.3 Å². The number of methoxy groups -OCH3 is 1. The van der Waals surface area contributed by atoms with Crippen LogP contribution in [0.4, 0.5) is 0 Å². The number of aromatic nitrogens is 1. The van der Waals surface area contributed by atoms with Crippen molar-refractivity contribution in [3.05, 3.63) is 65.9 Å². The number of fused-ring (bicyclic) bond motifs is 1. The highest BCUT2D eigenvalue weighted by atomic mass is 16.5. The van der Waals surface area contributed by atoms with Crippen LogP contribution in [0.3, 0.4) is 0 Å². The molecule has 0 unspecified atom stereocenters. The summed E-state index contributed by atoms with van der Waals surface area (Å²) < 4.78 is 10.4. The number of carbonyl (C=O) groups excluding carboxylic acids is 2. The number of benzene rings is 2. The highest BCUT2D eigenvalue weighted by Gasteiger charge is 2.19. The molecule has 3 aromatic rings. The van der Waals surface area contributed by atoms with Crippen LogP contribution in [0.5, 0.6) is 5.75 Å². The molecule has 6 heteroatoms. The summed E-state index contributed by atoms with van der Waals surface area (Å²) >= 11 is 0. The normalized spacial score (nSPS) is 11.8. The zero-order chi connectivity index (χ0) is 19.2. The second-order valence-corrected chi connectivity index (χ2v) is 6.21. The molecule has 27 heavy (non-hydrogen) atoms. The van der Waals surface area contributed by atoms with Gasteiger partial charge in [0.05, 0.1) is 7.11 Å². The third kappa shape index (κ3) is 4.67. The summed E-state index contributed by atoms with van der Waals surface area (Å²) in [6.45, 7) is 2.02. The maximum absolute atomic E-state index is 12.2. The van der Waals surface area contributed by atoms with E-state index in [0.717, 1.165) is 22.2 Å². The fourth-order valence-electron chi connectivity index (χ4n) is 2.73. The van der Waals surface area contributed by atoms with Gasteiger partial charge in [-0.1, -0.05) is 30.3 Å². The van der Waals surface area contributed by atoms with Crippen molar-refractivity contribution >= 4 is 22.8 Å². The Bertz CT molecular complexity index is 898. The Morgan fingerprint density at radius 2 is 1.85 bits per heavy atom. The van der Waals surface area contributed by atoms with Gasteiger partial charge in [-0.15, -0.1) is 0 Å². The summed E-state index contributed by atoms with van der Waals surface area (Å²) in [6.07, 6.45) is -0.196. The van der Waals surface area contributed by atoms with Crippen LogP contribution in [0.15, 0.2) is 54.6 Å². The van der Waals surface area contributed by atoms with Crippen LogP contribution >= 0.6 is 0 Å². The molecular weight excluding hydrogens is 344 g/mol. The standard InChI is InChI=1S/C21H22N2O4/c1-14(20(24)22-12-11-15-7-9-17(26-2)10-8-15)27-21(25)19-13-16-5-3-4-6-18(16)23-19/h3-10,13-14,23H,11-12H2,1-2H3,(H,22,24)/t14-/m0/s1. The van der Waals surface area contributed by atoms with Crippen LogP contribution in [0.1, 0.15) is 23.0 Å². The lowest BCUT2D eigenvalue weighted by Crippen LogP contribution is -2.36. The number of ether oxygens (including phenoxy) is 2. The third-order valence-electron chi connectivity index (χ3n) is 4.27. The average molecular weight is 366 g/mol. The Morgan fingerprint density at radius 3 is 2.56 bits per heavy atom. The minimum atomic E-state index is -0.875. The number of hydrogen-bond donors (Lipinski definition) is 2. The molecule has 0 radical (unpaired) electrons. The number of nitrogens with one attached hydrogen (secondary N) is 2. The maximum Gasteiger partial charge on any atom is 0.355 e. The molecule has 1 heterocycles. The number of esters is 1.